The standard InChI is InChI=1S/C17H22NO5PS/c1-4-17(24(19,20)23-3)18-25(21,22)16-10-8-14(9-11-16)15-7-5-6-13(2)12-15/h5-12,17-18H,4H2,1-3H3,(H,19,20)/t17-/m1/s1. The van der Waals surface area contributed by atoms with E-state index in [1.54, 1.807) is 19.1 Å². The van der Waals surface area contributed by atoms with Gasteiger partial charge in [0.25, 0.3) is 0 Å². The summed E-state index contributed by atoms with van der Waals surface area (Å²) < 4.78 is 43.6. The highest BCUT2D eigenvalue weighted by molar-refractivity contribution is 7.89. The monoisotopic (exact) mass is 383 g/mol. The number of benzene rings is 2. The molecule has 6 nitrogen and oxygen atoms in total. The summed E-state index contributed by atoms with van der Waals surface area (Å²) in [5.74, 6) is -1.20. The van der Waals surface area contributed by atoms with Crippen LogP contribution in [0.15, 0.2) is 53.4 Å². The topological polar surface area (TPSA) is 92.7 Å². The minimum Gasteiger partial charge on any atom is -0.323 e. The summed E-state index contributed by atoms with van der Waals surface area (Å²) in [7, 11) is -6.91. The van der Waals surface area contributed by atoms with Crippen molar-refractivity contribution in [1.82, 2.24) is 4.72 Å². The molecule has 0 aliphatic rings. The average Bonchev–Trinajstić information content (AvgIpc) is 2.59. The van der Waals surface area contributed by atoms with Gasteiger partial charge in [0, 0.05) is 7.11 Å². The molecular weight excluding hydrogens is 361 g/mol. The molecule has 0 heterocycles. The summed E-state index contributed by atoms with van der Waals surface area (Å²) in [6, 6.07) is 14.2. The molecule has 0 saturated carbocycles. The summed E-state index contributed by atoms with van der Waals surface area (Å²) in [6.07, 6.45) is 0.127. The molecule has 8 heteroatoms. The van der Waals surface area contributed by atoms with Crippen LogP contribution < -0.4 is 4.72 Å². The molecule has 2 aromatic rings. The van der Waals surface area contributed by atoms with Crippen LogP contribution >= 0.6 is 7.60 Å². The fourth-order valence-corrected chi connectivity index (χ4v) is 5.23. The lowest BCUT2D eigenvalue weighted by atomic mass is 10.0. The van der Waals surface area contributed by atoms with Crippen molar-refractivity contribution in [3.8, 4) is 11.1 Å². The van der Waals surface area contributed by atoms with E-state index < -0.39 is 23.4 Å². The van der Waals surface area contributed by atoms with Gasteiger partial charge in [0.05, 0.1) is 4.90 Å². The van der Waals surface area contributed by atoms with Crippen LogP contribution in [0.4, 0.5) is 0 Å². The van der Waals surface area contributed by atoms with Crippen LogP contribution in [0.1, 0.15) is 18.9 Å². The van der Waals surface area contributed by atoms with Gasteiger partial charge in [0.1, 0.15) is 5.78 Å². The normalized spacial score (nSPS) is 15.5. The Morgan fingerprint density at radius 1 is 1.16 bits per heavy atom. The van der Waals surface area contributed by atoms with Crippen molar-refractivity contribution >= 4 is 17.6 Å². The SMILES string of the molecule is CC[C@H](NS(=O)(=O)c1ccc(-c2cccc(C)c2)cc1)P(=O)(O)OC. The van der Waals surface area contributed by atoms with Crippen LogP contribution in [0.2, 0.25) is 0 Å². The van der Waals surface area contributed by atoms with Crippen LogP contribution in [-0.4, -0.2) is 26.2 Å². The maximum absolute atomic E-state index is 12.5. The van der Waals surface area contributed by atoms with Crippen molar-refractivity contribution < 1.29 is 22.4 Å². The molecule has 0 aromatic heterocycles. The number of rotatable bonds is 7. The molecular formula is C17H22NO5PS. The molecule has 0 aliphatic carbocycles. The van der Waals surface area contributed by atoms with Crippen molar-refractivity contribution in [3.05, 3.63) is 54.1 Å². The highest BCUT2D eigenvalue weighted by Gasteiger charge is 2.33. The summed E-state index contributed by atoms with van der Waals surface area (Å²) in [5.41, 5.74) is 2.99. The van der Waals surface area contributed by atoms with E-state index in [0.717, 1.165) is 23.8 Å². The molecule has 0 radical (unpaired) electrons. The van der Waals surface area contributed by atoms with E-state index in [2.05, 4.69) is 9.25 Å². The molecule has 0 fully saturated rings. The maximum Gasteiger partial charge on any atom is 0.345 e. The third kappa shape index (κ3) is 4.77. The van der Waals surface area contributed by atoms with Crippen LogP contribution in [-0.2, 0) is 19.1 Å². The maximum atomic E-state index is 12.5. The average molecular weight is 383 g/mol. The molecule has 0 saturated heterocycles. The number of aryl methyl sites for hydroxylation is 1. The molecule has 25 heavy (non-hydrogen) atoms. The van der Waals surface area contributed by atoms with E-state index >= 15 is 0 Å². The van der Waals surface area contributed by atoms with Crippen molar-refractivity contribution in [2.75, 3.05) is 7.11 Å². The first-order valence-electron chi connectivity index (χ1n) is 7.77. The Hall–Kier alpha value is -1.50. The Morgan fingerprint density at radius 2 is 1.80 bits per heavy atom. The summed E-state index contributed by atoms with van der Waals surface area (Å²) in [5, 5.41) is 0. The van der Waals surface area contributed by atoms with E-state index in [-0.39, 0.29) is 11.3 Å². The minimum atomic E-state index is -4.05. The smallest absolute Gasteiger partial charge is 0.323 e. The first kappa shape index (κ1) is 19.8. The number of nitrogens with one attached hydrogen (secondary N) is 1. The zero-order chi connectivity index (χ0) is 18.7. The van der Waals surface area contributed by atoms with E-state index in [0.29, 0.717) is 0 Å². The predicted octanol–water partition coefficient (Wildman–Crippen LogP) is 3.51. The van der Waals surface area contributed by atoms with Crippen LogP contribution in [0, 0.1) is 6.92 Å². The molecule has 0 bridgehead atoms. The molecule has 2 N–H and O–H groups in total. The van der Waals surface area contributed by atoms with E-state index in [1.807, 2.05) is 31.2 Å². The van der Waals surface area contributed by atoms with Gasteiger partial charge in [0.2, 0.25) is 10.0 Å². The summed E-state index contributed by atoms with van der Waals surface area (Å²) in [6.45, 7) is 3.59. The fraction of sp³-hybridized carbons (Fsp3) is 0.294. The fourth-order valence-electron chi connectivity index (χ4n) is 2.41. The summed E-state index contributed by atoms with van der Waals surface area (Å²) >= 11 is 0. The zero-order valence-electron chi connectivity index (χ0n) is 14.3. The Balaban J connectivity index is 2.27. The zero-order valence-corrected chi connectivity index (χ0v) is 16.0. The van der Waals surface area contributed by atoms with Gasteiger partial charge < -0.3 is 9.42 Å². The van der Waals surface area contributed by atoms with Crippen LogP contribution in [0.25, 0.3) is 11.1 Å². The Labute approximate surface area is 148 Å². The largest absolute Gasteiger partial charge is 0.345 e. The predicted molar refractivity (Wildman–Crippen MR) is 97.8 cm³/mol. The molecule has 2 aromatic carbocycles. The van der Waals surface area contributed by atoms with Crippen molar-refractivity contribution in [2.45, 2.75) is 30.9 Å². The molecule has 1 unspecified atom stereocenters. The van der Waals surface area contributed by atoms with E-state index in [9.17, 15) is 17.9 Å². The van der Waals surface area contributed by atoms with Gasteiger partial charge in [-0.3, -0.25) is 4.57 Å². The van der Waals surface area contributed by atoms with Gasteiger partial charge in [-0.25, -0.2) is 8.42 Å². The second-order valence-corrected chi connectivity index (χ2v) is 9.52. The van der Waals surface area contributed by atoms with E-state index in [4.69, 9.17) is 0 Å². The first-order chi connectivity index (χ1) is 11.7. The number of sulfonamides is 1. The highest BCUT2D eigenvalue weighted by Crippen LogP contribution is 2.47. The van der Waals surface area contributed by atoms with Gasteiger partial charge in [-0.05, 0) is 36.6 Å². The first-order valence-corrected chi connectivity index (χ1v) is 10.9. The highest BCUT2D eigenvalue weighted by atomic mass is 32.2. The molecule has 0 amide bonds. The second kappa shape index (κ2) is 7.81. The van der Waals surface area contributed by atoms with Gasteiger partial charge >= 0.3 is 7.60 Å². The molecule has 2 atom stereocenters. The van der Waals surface area contributed by atoms with Gasteiger partial charge in [0.15, 0.2) is 0 Å². The lowest BCUT2D eigenvalue weighted by Gasteiger charge is -2.21. The number of hydrogen-bond acceptors (Lipinski definition) is 4. The molecule has 2 rings (SSSR count). The van der Waals surface area contributed by atoms with E-state index in [1.165, 1.54) is 12.1 Å². The molecule has 0 aliphatic heterocycles. The Bertz CT molecular complexity index is 880. The van der Waals surface area contributed by atoms with Crippen LogP contribution in [0.5, 0.6) is 0 Å². The third-order valence-corrected chi connectivity index (χ3v) is 7.32. The van der Waals surface area contributed by atoms with Crippen molar-refractivity contribution in [1.29, 1.82) is 0 Å². The number of hydrogen-bond donors (Lipinski definition) is 2. The Morgan fingerprint density at radius 3 is 2.32 bits per heavy atom. The lowest BCUT2D eigenvalue weighted by Crippen LogP contribution is -2.34. The minimum absolute atomic E-state index is 0.0263. The third-order valence-electron chi connectivity index (χ3n) is 3.85. The van der Waals surface area contributed by atoms with Crippen LogP contribution in [0.3, 0.4) is 0 Å². The Kier molecular flexibility index (Phi) is 6.19. The molecule has 0 spiro atoms. The van der Waals surface area contributed by atoms with Gasteiger partial charge in [-0.2, -0.15) is 4.72 Å². The van der Waals surface area contributed by atoms with Gasteiger partial charge in [-0.1, -0.05) is 48.9 Å². The summed E-state index contributed by atoms with van der Waals surface area (Å²) in [4.78, 5) is 9.74. The quantitative estimate of drug-likeness (QED) is 0.714. The lowest BCUT2D eigenvalue weighted by molar-refractivity contribution is 0.299. The van der Waals surface area contributed by atoms with Crippen molar-refractivity contribution in [2.24, 2.45) is 0 Å². The molecule has 136 valence electrons. The van der Waals surface area contributed by atoms with Gasteiger partial charge in [-0.15, -0.1) is 0 Å². The van der Waals surface area contributed by atoms with Crippen molar-refractivity contribution in [3.63, 3.8) is 0 Å². The second-order valence-electron chi connectivity index (χ2n) is 5.69.